The number of nitriles is 1. The number of nitrogens with zero attached hydrogens (tertiary/aromatic N) is 3. The topological polar surface area (TPSA) is 67.6 Å². The highest BCUT2D eigenvalue weighted by molar-refractivity contribution is 9.10. The van der Waals surface area contributed by atoms with Gasteiger partial charge in [-0.1, -0.05) is 0 Å². The Balaban J connectivity index is 2.60. The molecular formula is C10H6BrFN4. The van der Waals surface area contributed by atoms with Crippen molar-refractivity contribution in [3.05, 3.63) is 40.2 Å². The van der Waals surface area contributed by atoms with E-state index in [0.29, 0.717) is 16.0 Å². The van der Waals surface area contributed by atoms with Crippen LogP contribution in [-0.4, -0.2) is 9.78 Å². The van der Waals surface area contributed by atoms with Gasteiger partial charge in [-0.15, -0.1) is 5.10 Å². The van der Waals surface area contributed by atoms with E-state index in [9.17, 15) is 4.39 Å². The lowest BCUT2D eigenvalue weighted by Gasteiger charge is -2.03. The van der Waals surface area contributed by atoms with Gasteiger partial charge in [-0.3, -0.25) is 0 Å². The van der Waals surface area contributed by atoms with Crippen molar-refractivity contribution in [3.63, 3.8) is 0 Å². The van der Waals surface area contributed by atoms with Crippen LogP contribution in [0, 0.1) is 17.1 Å². The van der Waals surface area contributed by atoms with Crippen LogP contribution in [0.15, 0.2) is 28.9 Å². The minimum absolute atomic E-state index is 0.204. The van der Waals surface area contributed by atoms with Crippen LogP contribution in [0.3, 0.4) is 0 Å². The maximum Gasteiger partial charge on any atom is 0.160 e. The zero-order valence-corrected chi connectivity index (χ0v) is 9.57. The monoisotopic (exact) mass is 280 g/mol. The number of halogens is 2. The first-order chi connectivity index (χ1) is 7.61. The second kappa shape index (κ2) is 3.94. The molecule has 80 valence electrons. The maximum atomic E-state index is 12.9. The normalized spacial score (nSPS) is 10.1. The van der Waals surface area contributed by atoms with Gasteiger partial charge in [-0.05, 0) is 34.1 Å². The Kier molecular flexibility index (Phi) is 2.62. The lowest BCUT2D eigenvalue weighted by atomic mass is 10.2. The summed E-state index contributed by atoms with van der Waals surface area (Å²) in [5, 5.41) is 12.9. The van der Waals surface area contributed by atoms with Crippen LogP contribution in [0.4, 0.5) is 10.2 Å². The first-order valence-corrected chi connectivity index (χ1v) is 5.12. The fourth-order valence-electron chi connectivity index (χ4n) is 1.29. The summed E-state index contributed by atoms with van der Waals surface area (Å²) in [5.74, 6) is -0.146. The molecule has 0 radical (unpaired) electrons. The average molecular weight is 281 g/mol. The third-order valence-electron chi connectivity index (χ3n) is 2.02. The lowest BCUT2D eigenvalue weighted by Crippen LogP contribution is -1.99. The molecule has 0 bridgehead atoms. The Bertz CT molecular complexity index is 565. The molecule has 0 aliphatic carbocycles. The molecular weight excluding hydrogens is 275 g/mol. The predicted octanol–water partition coefficient (Wildman–Crippen LogP) is 2.23. The SMILES string of the molecule is N#Cc1cc(F)ccc1-n1cc(Br)c(N)n1. The minimum atomic E-state index is -0.459. The van der Waals surface area contributed by atoms with Crippen molar-refractivity contribution in [3.8, 4) is 11.8 Å². The fourth-order valence-corrected chi connectivity index (χ4v) is 1.56. The van der Waals surface area contributed by atoms with Crippen molar-refractivity contribution in [1.82, 2.24) is 9.78 Å². The van der Waals surface area contributed by atoms with Crippen molar-refractivity contribution in [2.24, 2.45) is 0 Å². The molecule has 0 unspecified atom stereocenters. The van der Waals surface area contributed by atoms with Gasteiger partial charge in [0.05, 0.1) is 15.7 Å². The second-order valence-electron chi connectivity index (χ2n) is 3.08. The number of rotatable bonds is 1. The van der Waals surface area contributed by atoms with Crippen molar-refractivity contribution >= 4 is 21.7 Å². The van der Waals surface area contributed by atoms with Crippen molar-refractivity contribution in [2.45, 2.75) is 0 Å². The second-order valence-corrected chi connectivity index (χ2v) is 3.93. The number of benzene rings is 1. The molecule has 0 atom stereocenters. The van der Waals surface area contributed by atoms with Crippen LogP contribution in [0.1, 0.15) is 5.56 Å². The van der Waals surface area contributed by atoms with Crippen LogP contribution >= 0.6 is 15.9 Å². The Labute approximate surface area is 99.2 Å². The highest BCUT2D eigenvalue weighted by Gasteiger charge is 2.09. The van der Waals surface area contributed by atoms with Gasteiger partial charge in [-0.2, -0.15) is 5.26 Å². The molecule has 0 saturated heterocycles. The zero-order chi connectivity index (χ0) is 11.7. The molecule has 2 aromatic rings. The number of nitrogen functional groups attached to an aromatic ring is 1. The number of hydrogen-bond acceptors (Lipinski definition) is 3. The van der Waals surface area contributed by atoms with Gasteiger partial charge in [0.25, 0.3) is 0 Å². The highest BCUT2D eigenvalue weighted by Crippen LogP contribution is 2.21. The van der Waals surface area contributed by atoms with E-state index < -0.39 is 5.82 Å². The van der Waals surface area contributed by atoms with E-state index >= 15 is 0 Å². The molecule has 0 saturated carbocycles. The maximum absolute atomic E-state index is 12.9. The summed E-state index contributed by atoms with van der Waals surface area (Å²) >= 11 is 3.21. The summed E-state index contributed by atoms with van der Waals surface area (Å²) < 4.78 is 15.0. The van der Waals surface area contributed by atoms with Crippen LogP contribution in [0.2, 0.25) is 0 Å². The quantitative estimate of drug-likeness (QED) is 0.871. The van der Waals surface area contributed by atoms with Crippen molar-refractivity contribution < 1.29 is 4.39 Å². The van der Waals surface area contributed by atoms with E-state index in [4.69, 9.17) is 11.0 Å². The lowest BCUT2D eigenvalue weighted by molar-refractivity contribution is 0.626. The van der Waals surface area contributed by atoms with E-state index in [1.165, 1.54) is 16.8 Å². The van der Waals surface area contributed by atoms with E-state index in [0.717, 1.165) is 6.07 Å². The molecule has 0 amide bonds. The molecule has 6 heteroatoms. The smallest absolute Gasteiger partial charge is 0.160 e. The summed E-state index contributed by atoms with van der Waals surface area (Å²) in [6.45, 7) is 0. The van der Waals surface area contributed by atoms with E-state index in [-0.39, 0.29) is 5.56 Å². The summed E-state index contributed by atoms with van der Waals surface area (Å²) in [5.41, 5.74) is 6.25. The summed E-state index contributed by atoms with van der Waals surface area (Å²) in [4.78, 5) is 0. The zero-order valence-electron chi connectivity index (χ0n) is 7.98. The molecule has 0 spiro atoms. The standard InChI is InChI=1S/C10H6BrFN4/c11-8-5-16(15-10(8)14)9-2-1-7(12)3-6(9)4-13/h1-3,5H,(H2,14,15). The van der Waals surface area contributed by atoms with Gasteiger partial charge in [0.1, 0.15) is 11.9 Å². The Morgan fingerprint density at radius 1 is 1.50 bits per heavy atom. The van der Waals surface area contributed by atoms with Gasteiger partial charge in [0, 0.05) is 6.20 Å². The van der Waals surface area contributed by atoms with Gasteiger partial charge >= 0.3 is 0 Å². The molecule has 1 aromatic heterocycles. The average Bonchev–Trinajstić information content (AvgIpc) is 2.59. The molecule has 4 nitrogen and oxygen atoms in total. The van der Waals surface area contributed by atoms with Crippen molar-refractivity contribution in [1.29, 1.82) is 5.26 Å². The Morgan fingerprint density at radius 2 is 2.25 bits per heavy atom. The van der Waals surface area contributed by atoms with E-state index in [1.807, 2.05) is 6.07 Å². The number of anilines is 1. The number of nitrogens with two attached hydrogens (primary N) is 1. The van der Waals surface area contributed by atoms with Crippen LogP contribution in [0.5, 0.6) is 0 Å². The molecule has 0 aliphatic heterocycles. The Hall–Kier alpha value is -1.87. The van der Waals surface area contributed by atoms with Crippen LogP contribution in [0.25, 0.3) is 5.69 Å². The highest BCUT2D eigenvalue weighted by atomic mass is 79.9. The third-order valence-corrected chi connectivity index (χ3v) is 2.63. The first kappa shape index (κ1) is 10.6. The fraction of sp³-hybridized carbons (Fsp3) is 0. The molecule has 1 aromatic carbocycles. The molecule has 16 heavy (non-hydrogen) atoms. The summed E-state index contributed by atoms with van der Waals surface area (Å²) in [6.07, 6.45) is 1.61. The van der Waals surface area contributed by atoms with Crippen LogP contribution < -0.4 is 5.73 Å². The summed E-state index contributed by atoms with van der Waals surface area (Å²) in [6, 6.07) is 5.81. The van der Waals surface area contributed by atoms with Gasteiger partial charge in [-0.25, -0.2) is 9.07 Å². The van der Waals surface area contributed by atoms with Gasteiger partial charge in [0.2, 0.25) is 0 Å². The number of hydrogen-bond donors (Lipinski definition) is 1. The first-order valence-electron chi connectivity index (χ1n) is 4.32. The molecule has 0 aliphatic rings. The van der Waals surface area contributed by atoms with Crippen molar-refractivity contribution in [2.75, 3.05) is 5.73 Å². The summed E-state index contributed by atoms with van der Waals surface area (Å²) in [7, 11) is 0. The predicted molar refractivity (Wildman–Crippen MR) is 60.3 cm³/mol. The van der Waals surface area contributed by atoms with Crippen LogP contribution in [-0.2, 0) is 0 Å². The number of aromatic nitrogens is 2. The van der Waals surface area contributed by atoms with E-state index in [1.54, 1.807) is 6.20 Å². The van der Waals surface area contributed by atoms with Gasteiger partial charge in [0.15, 0.2) is 5.82 Å². The minimum Gasteiger partial charge on any atom is -0.381 e. The molecule has 2 N–H and O–H groups in total. The largest absolute Gasteiger partial charge is 0.381 e. The molecule has 1 heterocycles. The molecule has 0 fully saturated rings. The van der Waals surface area contributed by atoms with E-state index in [2.05, 4.69) is 21.0 Å². The Morgan fingerprint density at radius 3 is 2.81 bits per heavy atom. The van der Waals surface area contributed by atoms with Gasteiger partial charge < -0.3 is 5.73 Å². The molecule has 2 rings (SSSR count). The third kappa shape index (κ3) is 1.77.